The van der Waals surface area contributed by atoms with Crippen LogP contribution in [-0.2, 0) is 13.2 Å². The molecule has 0 radical (unpaired) electrons. The molecule has 0 spiro atoms. The van der Waals surface area contributed by atoms with Gasteiger partial charge in [-0.2, -0.15) is 0 Å². The highest BCUT2D eigenvalue weighted by Gasteiger charge is 2.22. The van der Waals surface area contributed by atoms with Gasteiger partial charge in [-0.1, -0.05) is 25.1 Å². The maximum Gasteiger partial charge on any atom is 0.130 e. The van der Waals surface area contributed by atoms with Crippen LogP contribution in [0.1, 0.15) is 25.1 Å². The number of rotatable bonds is 6. The first-order chi connectivity index (χ1) is 11.7. The van der Waals surface area contributed by atoms with Crippen molar-refractivity contribution >= 4 is 0 Å². The van der Waals surface area contributed by atoms with Crippen LogP contribution in [0.25, 0.3) is 0 Å². The Bertz CT molecular complexity index is 615. The second kappa shape index (κ2) is 8.27. The monoisotopic (exact) mass is 325 g/mol. The van der Waals surface area contributed by atoms with Gasteiger partial charge in [0.1, 0.15) is 12.4 Å². The first kappa shape index (κ1) is 16.9. The van der Waals surface area contributed by atoms with Gasteiger partial charge in [0.2, 0.25) is 0 Å². The SMILES string of the molecule is CCN1CCN(Cc2ccc(OCc3ccccn3)cc2)C(C)C1. The van der Waals surface area contributed by atoms with Gasteiger partial charge in [0.15, 0.2) is 0 Å². The van der Waals surface area contributed by atoms with Crippen LogP contribution in [0.15, 0.2) is 48.7 Å². The number of nitrogens with zero attached hydrogens (tertiary/aromatic N) is 3. The van der Waals surface area contributed by atoms with Gasteiger partial charge in [0, 0.05) is 38.4 Å². The Labute approximate surface area is 145 Å². The molecule has 24 heavy (non-hydrogen) atoms. The van der Waals surface area contributed by atoms with E-state index in [4.69, 9.17) is 4.74 Å². The van der Waals surface area contributed by atoms with E-state index < -0.39 is 0 Å². The van der Waals surface area contributed by atoms with Gasteiger partial charge in [-0.05, 0) is 43.3 Å². The molecule has 1 fully saturated rings. The normalized spacial score (nSPS) is 19.3. The molecule has 1 aromatic carbocycles. The zero-order valence-corrected chi connectivity index (χ0v) is 14.7. The molecular formula is C20H27N3O. The summed E-state index contributed by atoms with van der Waals surface area (Å²) in [6.45, 7) is 10.7. The highest BCUT2D eigenvalue weighted by Crippen LogP contribution is 2.17. The minimum Gasteiger partial charge on any atom is -0.487 e. The third kappa shape index (κ3) is 4.56. The molecule has 1 aliphatic rings. The summed E-state index contributed by atoms with van der Waals surface area (Å²) < 4.78 is 5.80. The van der Waals surface area contributed by atoms with E-state index in [9.17, 15) is 0 Å². The lowest BCUT2D eigenvalue weighted by Crippen LogP contribution is -2.51. The van der Waals surface area contributed by atoms with Crippen LogP contribution in [-0.4, -0.2) is 47.0 Å². The van der Waals surface area contributed by atoms with Crippen LogP contribution in [0.4, 0.5) is 0 Å². The van der Waals surface area contributed by atoms with Gasteiger partial charge in [-0.15, -0.1) is 0 Å². The van der Waals surface area contributed by atoms with Crippen molar-refractivity contribution in [2.45, 2.75) is 33.0 Å². The summed E-state index contributed by atoms with van der Waals surface area (Å²) >= 11 is 0. The molecule has 0 bridgehead atoms. The second-order valence-corrected chi connectivity index (χ2v) is 6.47. The molecule has 1 saturated heterocycles. The molecule has 0 aliphatic carbocycles. The molecule has 4 heteroatoms. The first-order valence-electron chi connectivity index (χ1n) is 8.82. The number of aromatic nitrogens is 1. The quantitative estimate of drug-likeness (QED) is 0.815. The predicted molar refractivity (Wildman–Crippen MR) is 97.0 cm³/mol. The fourth-order valence-corrected chi connectivity index (χ4v) is 3.16. The molecule has 0 amide bonds. The molecule has 1 aliphatic heterocycles. The van der Waals surface area contributed by atoms with Gasteiger partial charge < -0.3 is 9.64 Å². The average molecular weight is 325 g/mol. The molecule has 1 atom stereocenters. The van der Waals surface area contributed by atoms with Gasteiger partial charge in [-0.3, -0.25) is 9.88 Å². The number of hydrogen-bond acceptors (Lipinski definition) is 4. The topological polar surface area (TPSA) is 28.6 Å². The van der Waals surface area contributed by atoms with E-state index in [1.165, 1.54) is 18.7 Å². The summed E-state index contributed by atoms with van der Waals surface area (Å²) in [4.78, 5) is 9.36. The van der Waals surface area contributed by atoms with Crippen molar-refractivity contribution in [3.05, 3.63) is 59.9 Å². The number of pyridine rings is 1. The number of benzene rings is 1. The smallest absolute Gasteiger partial charge is 0.130 e. The standard InChI is InChI=1S/C20H27N3O/c1-3-22-12-13-23(17(2)14-22)15-18-7-9-20(10-8-18)24-16-19-6-4-5-11-21-19/h4-11,17H,3,12-16H2,1-2H3. The predicted octanol–water partition coefficient (Wildman–Crippen LogP) is 3.19. The fourth-order valence-electron chi connectivity index (χ4n) is 3.16. The summed E-state index contributed by atoms with van der Waals surface area (Å²) in [5.74, 6) is 0.897. The highest BCUT2D eigenvalue weighted by molar-refractivity contribution is 5.27. The lowest BCUT2D eigenvalue weighted by atomic mass is 10.1. The van der Waals surface area contributed by atoms with Crippen LogP contribution < -0.4 is 4.74 Å². The molecule has 3 rings (SSSR count). The average Bonchev–Trinajstić information content (AvgIpc) is 2.63. The largest absolute Gasteiger partial charge is 0.487 e. The Morgan fingerprint density at radius 1 is 1.12 bits per heavy atom. The molecular weight excluding hydrogens is 298 g/mol. The Hall–Kier alpha value is -1.91. The van der Waals surface area contributed by atoms with Crippen molar-refractivity contribution in [1.29, 1.82) is 0 Å². The number of piperazine rings is 1. The second-order valence-electron chi connectivity index (χ2n) is 6.47. The van der Waals surface area contributed by atoms with E-state index in [1.54, 1.807) is 6.20 Å². The van der Waals surface area contributed by atoms with Crippen molar-refractivity contribution in [2.75, 3.05) is 26.2 Å². The lowest BCUT2D eigenvalue weighted by Gasteiger charge is -2.39. The van der Waals surface area contributed by atoms with Crippen molar-refractivity contribution < 1.29 is 4.74 Å². The maximum atomic E-state index is 5.80. The van der Waals surface area contributed by atoms with Crippen molar-refractivity contribution in [1.82, 2.24) is 14.8 Å². The van der Waals surface area contributed by atoms with Gasteiger partial charge in [0.05, 0.1) is 5.69 Å². The van der Waals surface area contributed by atoms with E-state index >= 15 is 0 Å². The van der Waals surface area contributed by atoms with Crippen LogP contribution in [0, 0.1) is 0 Å². The molecule has 2 heterocycles. The van der Waals surface area contributed by atoms with E-state index in [2.05, 4.69) is 52.9 Å². The molecule has 0 N–H and O–H groups in total. The van der Waals surface area contributed by atoms with Crippen molar-refractivity contribution in [3.8, 4) is 5.75 Å². The Kier molecular flexibility index (Phi) is 5.83. The van der Waals surface area contributed by atoms with Crippen LogP contribution >= 0.6 is 0 Å². The summed E-state index contributed by atoms with van der Waals surface area (Å²) in [5, 5.41) is 0. The minimum absolute atomic E-state index is 0.510. The van der Waals surface area contributed by atoms with Gasteiger partial charge >= 0.3 is 0 Å². The Morgan fingerprint density at radius 2 is 1.96 bits per heavy atom. The van der Waals surface area contributed by atoms with Gasteiger partial charge in [-0.25, -0.2) is 0 Å². The lowest BCUT2D eigenvalue weighted by molar-refractivity contribution is 0.0812. The molecule has 4 nitrogen and oxygen atoms in total. The zero-order valence-electron chi connectivity index (χ0n) is 14.7. The van der Waals surface area contributed by atoms with Crippen LogP contribution in [0.2, 0.25) is 0 Å². The maximum absolute atomic E-state index is 5.80. The highest BCUT2D eigenvalue weighted by atomic mass is 16.5. The van der Waals surface area contributed by atoms with E-state index in [1.807, 2.05) is 18.2 Å². The molecule has 1 aromatic heterocycles. The number of likely N-dealkylation sites (N-methyl/N-ethyl adjacent to an activating group) is 1. The summed E-state index contributed by atoms with van der Waals surface area (Å²) in [6.07, 6.45) is 1.79. The van der Waals surface area contributed by atoms with Gasteiger partial charge in [0.25, 0.3) is 0 Å². The van der Waals surface area contributed by atoms with E-state index in [-0.39, 0.29) is 0 Å². The summed E-state index contributed by atoms with van der Waals surface area (Å²) in [5.41, 5.74) is 2.29. The van der Waals surface area contributed by atoms with Crippen molar-refractivity contribution in [2.24, 2.45) is 0 Å². The molecule has 1 unspecified atom stereocenters. The number of ether oxygens (including phenoxy) is 1. The third-order valence-electron chi connectivity index (χ3n) is 4.72. The minimum atomic E-state index is 0.510. The first-order valence-corrected chi connectivity index (χ1v) is 8.82. The van der Waals surface area contributed by atoms with Crippen LogP contribution in [0.5, 0.6) is 5.75 Å². The molecule has 0 saturated carbocycles. The third-order valence-corrected chi connectivity index (χ3v) is 4.72. The fraction of sp³-hybridized carbons (Fsp3) is 0.450. The molecule has 128 valence electrons. The summed E-state index contributed by atoms with van der Waals surface area (Å²) in [6, 6.07) is 15.0. The molecule has 2 aromatic rings. The van der Waals surface area contributed by atoms with E-state index in [0.717, 1.165) is 31.1 Å². The summed E-state index contributed by atoms with van der Waals surface area (Å²) in [7, 11) is 0. The Balaban J connectivity index is 1.51. The Morgan fingerprint density at radius 3 is 2.62 bits per heavy atom. The van der Waals surface area contributed by atoms with Crippen LogP contribution in [0.3, 0.4) is 0 Å². The van der Waals surface area contributed by atoms with E-state index in [0.29, 0.717) is 12.6 Å². The zero-order chi connectivity index (χ0) is 16.8. The van der Waals surface area contributed by atoms with Crippen molar-refractivity contribution in [3.63, 3.8) is 0 Å². The number of hydrogen-bond donors (Lipinski definition) is 0.